The van der Waals surface area contributed by atoms with Gasteiger partial charge in [-0.05, 0) is 38.8 Å². The molecule has 2 nitrogen and oxygen atoms in total. The molecule has 1 aliphatic carbocycles. The van der Waals surface area contributed by atoms with Crippen molar-refractivity contribution < 1.29 is 5.11 Å². The first kappa shape index (κ1) is 8.52. The first-order valence-electron chi connectivity index (χ1n) is 5.30. The highest BCUT2D eigenvalue weighted by Crippen LogP contribution is 2.25. The Morgan fingerprint density at radius 1 is 0.917 bits per heavy atom. The Labute approximate surface area is 74.6 Å². The van der Waals surface area contributed by atoms with Crippen LogP contribution in [0.1, 0.15) is 38.5 Å². The summed E-state index contributed by atoms with van der Waals surface area (Å²) in [6.45, 7) is 2.45. The molecule has 1 aliphatic heterocycles. The smallest absolute Gasteiger partial charge is 0.0695 e. The van der Waals surface area contributed by atoms with Gasteiger partial charge in [-0.2, -0.15) is 0 Å². The van der Waals surface area contributed by atoms with E-state index in [1.54, 1.807) is 0 Å². The summed E-state index contributed by atoms with van der Waals surface area (Å²) in [5.41, 5.74) is 0. The number of aliphatic hydroxyl groups is 1. The molecule has 1 N–H and O–H groups in total. The van der Waals surface area contributed by atoms with Gasteiger partial charge in [-0.1, -0.05) is 12.8 Å². The quantitative estimate of drug-likeness (QED) is 0.641. The molecule has 0 aromatic heterocycles. The molecule has 0 radical (unpaired) electrons. The number of aliphatic hydroxyl groups excluding tert-OH is 1. The van der Waals surface area contributed by atoms with E-state index in [2.05, 4.69) is 4.90 Å². The molecular formula is C10H19NO. The maximum absolute atomic E-state index is 9.79. The summed E-state index contributed by atoms with van der Waals surface area (Å²) in [5, 5.41) is 9.79. The molecule has 1 heterocycles. The van der Waals surface area contributed by atoms with E-state index in [4.69, 9.17) is 0 Å². The highest BCUT2D eigenvalue weighted by Gasteiger charge is 2.29. The minimum absolute atomic E-state index is 0.0307. The molecule has 1 saturated carbocycles. The van der Waals surface area contributed by atoms with Crippen molar-refractivity contribution in [2.75, 3.05) is 13.1 Å². The average molecular weight is 169 g/mol. The Kier molecular flexibility index (Phi) is 2.66. The SMILES string of the molecule is O[C@H]1CCCCC1N1CCCC1. The summed E-state index contributed by atoms with van der Waals surface area (Å²) >= 11 is 0. The molecule has 0 amide bonds. The molecule has 2 fully saturated rings. The molecule has 70 valence electrons. The Morgan fingerprint density at radius 3 is 2.25 bits per heavy atom. The van der Waals surface area contributed by atoms with Crippen LogP contribution in [0.2, 0.25) is 0 Å². The zero-order valence-corrected chi connectivity index (χ0v) is 7.71. The molecule has 2 heteroatoms. The van der Waals surface area contributed by atoms with Gasteiger partial charge in [0.15, 0.2) is 0 Å². The lowest BCUT2D eigenvalue weighted by Gasteiger charge is -2.34. The minimum Gasteiger partial charge on any atom is -0.391 e. The van der Waals surface area contributed by atoms with E-state index >= 15 is 0 Å². The summed E-state index contributed by atoms with van der Waals surface area (Å²) < 4.78 is 0. The van der Waals surface area contributed by atoms with Crippen LogP contribution in [0.3, 0.4) is 0 Å². The summed E-state index contributed by atoms with van der Waals surface area (Å²) in [6, 6.07) is 0.501. The Balaban J connectivity index is 1.91. The predicted octanol–water partition coefficient (Wildman–Crippen LogP) is 1.39. The van der Waals surface area contributed by atoms with Gasteiger partial charge in [-0.15, -0.1) is 0 Å². The van der Waals surface area contributed by atoms with Crippen LogP contribution in [0.15, 0.2) is 0 Å². The van der Waals surface area contributed by atoms with Gasteiger partial charge in [0.1, 0.15) is 0 Å². The molecule has 2 atom stereocenters. The van der Waals surface area contributed by atoms with Gasteiger partial charge >= 0.3 is 0 Å². The van der Waals surface area contributed by atoms with Gasteiger partial charge in [-0.25, -0.2) is 0 Å². The van der Waals surface area contributed by atoms with Crippen molar-refractivity contribution in [1.29, 1.82) is 0 Å². The van der Waals surface area contributed by atoms with E-state index in [1.165, 1.54) is 45.2 Å². The lowest BCUT2D eigenvalue weighted by atomic mass is 9.91. The summed E-state index contributed by atoms with van der Waals surface area (Å²) in [4.78, 5) is 2.49. The number of rotatable bonds is 1. The predicted molar refractivity (Wildman–Crippen MR) is 49.1 cm³/mol. The third-order valence-electron chi connectivity index (χ3n) is 3.30. The fraction of sp³-hybridized carbons (Fsp3) is 1.00. The Hall–Kier alpha value is -0.0800. The Bertz CT molecular complexity index is 143. The molecule has 0 bridgehead atoms. The van der Waals surface area contributed by atoms with Gasteiger partial charge in [0.2, 0.25) is 0 Å². The normalized spacial score (nSPS) is 38.8. The maximum Gasteiger partial charge on any atom is 0.0695 e. The molecular weight excluding hydrogens is 150 g/mol. The third-order valence-corrected chi connectivity index (χ3v) is 3.30. The standard InChI is InChI=1S/C10H19NO/c12-10-6-2-1-5-9(10)11-7-3-4-8-11/h9-10,12H,1-8H2/t9?,10-/m0/s1. The van der Waals surface area contributed by atoms with Crippen molar-refractivity contribution in [1.82, 2.24) is 4.90 Å². The van der Waals surface area contributed by atoms with Gasteiger partial charge in [0, 0.05) is 6.04 Å². The molecule has 12 heavy (non-hydrogen) atoms. The van der Waals surface area contributed by atoms with Gasteiger partial charge < -0.3 is 5.11 Å². The van der Waals surface area contributed by atoms with E-state index in [9.17, 15) is 5.11 Å². The highest BCUT2D eigenvalue weighted by atomic mass is 16.3. The maximum atomic E-state index is 9.79. The number of nitrogens with zero attached hydrogens (tertiary/aromatic N) is 1. The van der Waals surface area contributed by atoms with Crippen molar-refractivity contribution in [3.63, 3.8) is 0 Å². The summed E-state index contributed by atoms with van der Waals surface area (Å²) in [5.74, 6) is 0. The third kappa shape index (κ3) is 1.64. The number of likely N-dealkylation sites (tertiary alicyclic amines) is 1. The molecule has 1 saturated heterocycles. The lowest BCUT2D eigenvalue weighted by molar-refractivity contribution is 0.0312. The molecule has 0 aromatic carbocycles. The van der Waals surface area contributed by atoms with Crippen molar-refractivity contribution >= 4 is 0 Å². The zero-order valence-electron chi connectivity index (χ0n) is 7.71. The second kappa shape index (κ2) is 3.75. The van der Waals surface area contributed by atoms with Crippen molar-refractivity contribution in [2.45, 2.75) is 50.7 Å². The molecule has 2 aliphatic rings. The molecule has 0 aromatic rings. The van der Waals surface area contributed by atoms with E-state index in [1.807, 2.05) is 0 Å². The van der Waals surface area contributed by atoms with E-state index < -0.39 is 0 Å². The summed E-state index contributed by atoms with van der Waals surface area (Å²) in [7, 11) is 0. The largest absolute Gasteiger partial charge is 0.391 e. The number of hydrogen-bond acceptors (Lipinski definition) is 2. The summed E-state index contributed by atoms with van der Waals surface area (Å²) in [6.07, 6.45) is 7.44. The van der Waals surface area contributed by atoms with Crippen molar-refractivity contribution in [3.05, 3.63) is 0 Å². The number of hydrogen-bond donors (Lipinski definition) is 1. The van der Waals surface area contributed by atoms with Crippen LogP contribution >= 0.6 is 0 Å². The van der Waals surface area contributed by atoms with Gasteiger partial charge in [-0.3, -0.25) is 4.90 Å². The van der Waals surface area contributed by atoms with Crippen LogP contribution < -0.4 is 0 Å². The van der Waals surface area contributed by atoms with Gasteiger partial charge in [0.05, 0.1) is 6.10 Å². The minimum atomic E-state index is -0.0307. The van der Waals surface area contributed by atoms with E-state index in [0.29, 0.717) is 6.04 Å². The van der Waals surface area contributed by atoms with Crippen LogP contribution in [0.25, 0.3) is 0 Å². The van der Waals surface area contributed by atoms with Crippen LogP contribution in [-0.2, 0) is 0 Å². The molecule has 0 spiro atoms. The average Bonchev–Trinajstić information content (AvgIpc) is 2.57. The molecule has 2 rings (SSSR count). The molecule has 1 unspecified atom stereocenters. The first-order valence-corrected chi connectivity index (χ1v) is 5.30. The fourth-order valence-electron chi connectivity index (χ4n) is 2.59. The second-order valence-electron chi connectivity index (χ2n) is 4.16. The van der Waals surface area contributed by atoms with E-state index in [0.717, 1.165) is 6.42 Å². The Morgan fingerprint density at radius 2 is 1.58 bits per heavy atom. The van der Waals surface area contributed by atoms with Crippen LogP contribution in [-0.4, -0.2) is 35.2 Å². The second-order valence-corrected chi connectivity index (χ2v) is 4.16. The van der Waals surface area contributed by atoms with Crippen LogP contribution in [0.4, 0.5) is 0 Å². The van der Waals surface area contributed by atoms with Crippen molar-refractivity contribution in [3.8, 4) is 0 Å². The highest BCUT2D eigenvalue weighted by molar-refractivity contribution is 4.85. The van der Waals surface area contributed by atoms with Crippen LogP contribution in [0.5, 0.6) is 0 Å². The van der Waals surface area contributed by atoms with Crippen LogP contribution in [0, 0.1) is 0 Å². The first-order chi connectivity index (χ1) is 5.88. The van der Waals surface area contributed by atoms with Crippen molar-refractivity contribution in [2.24, 2.45) is 0 Å². The lowest BCUT2D eigenvalue weighted by Crippen LogP contribution is -2.43. The fourth-order valence-corrected chi connectivity index (χ4v) is 2.59. The monoisotopic (exact) mass is 169 g/mol. The topological polar surface area (TPSA) is 23.5 Å². The zero-order chi connectivity index (χ0) is 8.39. The van der Waals surface area contributed by atoms with E-state index in [-0.39, 0.29) is 6.10 Å². The van der Waals surface area contributed by atoms with Gasteiger partial charge in [0.25, 0.3) is 0 Å².